The minimum atomic E-state index is -0.663. The maximum Gasteiger partial charge on any atom is 0.497 e. The highest BCUT2D eigenvalue weighted by atomic mass is 35.5. The fraction of sp³-hybridized carbons (Fsp3) is 0.308. The van der Waals surface area contributed by atoms with Gasteiger partial charge in [-0.15, -0.1) is 0 Å². The summed E-state index contributed by atoms with van der Waals surface area (Å²) in [5, 5.41) is 0.473. The highest BCUT2D eigenvalue weighted by Gasteiger charge is 2.52. The molecule has 1 fully saturated rings. The molecule has 0 unspecified atom stereocenters. The van der Waals surface area contributed by atoms with Crippen LogP contribution < -0.4 is 10.2 Å². The highest BCUT2D eigenvalue weighted by molar-refractivity contribution is 6.63. The van der Waals surface area contributed by atoms with Gasteiger partial charge in [-0.25, -0.2) is 9.78 Å². The number of methoxy groups -OCH3 is 1. The third kappa shape index (κ3) is 4.83. The van der Waals surface area contributed by atoms with E-state index in [0.29, 0.717) is 34.1 Å². The number of aromatic nitrogens is 1. The molecule has 176 valence electrons. The number of esters is 1. The average molecular weight is 480 g/mol. The van der Waals surface area contributed by atoms with Crippen molar-refractivity contribution in [2.24, 2.45) is 0 Å². The van der Waals surface area contributed by atoms with Crippen LogP contribution in [-0.4, -0.2) is 36.4 Å². The normalized spacial score (nSPS) is 16.4. The highest BCUT2D eigenvalue weighted by Crippen LogP contribution is 2.38. The Labute approximate surface area is 205 Å². The molecule has 34 heavy (non-hydrogen) atoms. The van der Waals surface area contributed by atoms with Crippen molar-refractivity contribution >= 4 is 30.2 Å². The van der Waals surface area contributed by atoms with Crippen LogP contribution in [0.1, 0.15) is 43.7 Å². The van der Waals surface area contributed by atoms with Crippen LogP contribution in [0.2, 0.25) is 5.02 Å². The molecular weight excluding hydrogens is 453 g/mol. The van der Waals surface area contributed by atoms with Crippen molar-refractivity contribution in [3.8, 4) is 17.0 Å². The molecular formula is C26H27BClNO5. The van der Waals surface area contributed by atoms with E-state index < -0.39 is 24.3 Å². The summed E-state index contributed by atoms with van der Waals surface area (Å²) in [7, 11) is 0.660. The summed E-state index contributed by atoms with van der Waals surface area (Å²) in [6.07, 6.45) is 0. The Morgan fingerprint density at radius 3 is 2.32 bits per heavy atom. The Morgan fingerprint density at radius 1 is 1.00 bits per heavy atom. The predicted molar refractivity (Wildman–Crippen MR) is 133 cm³/mol. The van der Waals surface area contributed by atoms with Crippen LogP contribution in [0.25, 0.3) is 11.3 Å². The number of nitrogens with zero attached hydrogens (tertiary/aromatic N) is 1. The Hall–Kier alpha value is -2.87. The van der Waals surface area contributed by atoms with Crippen molar-refractivity contribution in [1.82, 2.24) is 4.98 Å². The first-order valence-corrected chi connectivity index (χ1v) is 11.4. The Kier molecular flexibility index (Phi) is 6.72. The molecule has 6 nitrogen and oxygen atoms in total. The number of pyridine rings is 1. The molecule has 0 saturated carbocycles. The zero-order chi connectivity index (χ0) is 24.5. The lowest BCUT2D eigenvalue weighted by atomic mass is 9.76. The lowest BCUT2D eigenvalue weighted by Crippen LogP contribution is -2.41. The number of benzene rings is 2. The summed E-state index contributed by atoms with van der Waals surface area (Å²) in [5.74, 6) is -0.0237. The fourth-order valence-electron chi connectivity index (χ4n) is 3.58. The molecule has 1 aliphatic heterocycles. The van der Waals surface area contributed by atoms with Crippen molar-refractivity contribution in [3.05, 3.63) is 76.9 Å². The van der Waals surface area contributed by atoms with Crippen molar-refractivity contribution < 1.29 is 23.6 Å². The van der Waals surface area contributed by atoms with E-state index in [0.717, 1.165) is 5.56 Å². The third-order valence-corrected chi connectivity index (χ3v) is 6.58. The van der Waals surface area contributed by atoms with Gasteiger partial charge in [0.05, 0.1) is 29.0 Å². The van der Waals surface area contributed by atoms with Gasteiger partial charge in [0, 0.05) is 11.0 Å². The number of carbonyl (C=O) groups is 1. The summed E-state index contributed by atoms with van der Waals surface area (Å²) in [6.45, 7) is 8.31. The second kappa shape index (κ2) is 9.41. The molecule has 2 aromatic carbocycles. The Balaban J connectivity index is 1.74. The van der Waals surface area contributed by atoms with E-state index >= 15 is 0 Å². The van der Waals surface area contributed by atoms with Crippen molar-refractivity contribution in [3.63, 3.8) is 0 Å². The summed E-state index contributed by atoms with van der Waals surface area (Å²) >= 11 is 6.43. The van der Waals surface area contributed by atoms with Gasteiger partial charge in [-0.2, -0.15) is 0 Å². The molecule has 1 saturated heterocycles. The van der Waals surface area contributed by atoms with E-state index in [-0.39, 0.29) is 5.69 Å². The molecule has 0 N–H and O–H groups in total. The van der Waals surface area contributed by atoms with Crippen LogP contribution in [0.15, 0.2) is 60.7 Å². The predicted octanol–water partition coefficient (Wildman–Crippen LogP) is 5.07. The average Bonchev–Trinajstić information content (AvgIpc) is 3.04. The molecule has 0 atom stereocenters. The number of carbonyl (C=O) groups excluding carboxylic acids is 1. The maximum atomic E-state index is 12.2. The van der Waals surface area contributed by atoms with Gasteiger partial charge in [-0.3, -0.25) is 0 Å². The van der Waals surface area contributed by atoms with Crippen LogP contribution in [-0.2, 0) is 20.7 Å². The molecule has 8 heteroatoms. The topological polar surface area (TPSA) is 66.9 Å². The summed E-state index contributed by atoms with van der Waals surface area (Å²) < 4.78 is 23.4. The van der Waals surface area contributed by atoms with E-state index in [9.17, 15) is 4.79 Å². The van der Waals surface area contributed by atoms with Gasteiger partial charge in [0.25, 0.3) is 0 Å². The van der Waals surface area contributed by atoms with Crippen LogP contribution in [0, 0.1) is 0 Å². The number of hydrogen-bond donors (Lipinski definition) is 0. The van der Waals surface area contributed by atoms with Crippen LogP contribution >= 0.6 is 11.6 Å². The van der Waals surface area contributed by atoms with Gasteiger partial charge < -0.3 is 18.8 Å². The van der Waals surface area contributed by atoms with Crippen LogP contribution in [0.5, 0.6) is 5.75 Å². The minimum Gasteiger partial charge on any atom is -0.487 e. The zero-order valence-corrected chi connectivity index (χ0v) is 20.7. The lowest BCUT2D eigenvalue weighted by molar-refractivity contribution is 0.00578. The van der Waals surface area contributed by atoms with Gasteiger partial charge in [0.15, 0.2) is 0 Å². The van der Waals surface area contributed by atoms with Crippen molar-refractivity contribution in [2.75, 3.05) is 7.11 Å². The first-order valence-electron chi connectivity index (χ1n) is 11.0. The maximum absolute atomic E-state index is 12.2. The number of halogens is 1. The van der Waals surface area contributed by atoms with Crippen LogP contribution in [0.3, 0.4) is 0 Å². The van der Waals surface area contributed by atoms with Crippen molar-refractivity contribution in [2.45, 2.75) is 45.5 Å². The van der Waals surface area contributed by atoms with Gasteiger partial charge in [0.1, 0.15) is 18.1 Å². The second-order valence-corrected chi connectivity index (χ2v) is 9.54. The van der Waals surface area contributed by atoms with Gasteiger partial charge in [-0.05, 0) is 51.5 Å². The fourth-order valence-corrected chi connectivity index (χ4v) is 3.75. The van der Waals surface area contributed by atoms with Crippen molar-refractivity contribution in [1.29, 1.82) is 0 Å². The van der Waals surface area contributed by atoms with E-state index in [2.05, 4.69) is 4.98 Å². The molecule has 0 bridgehead atoms. The Morgan fingerprint density at radius 2 is 1.68 bits per heavy atom. The quantitative estimate of drug-likeness (QED) is 0.363. The van der Waals surface area contributed by atoms with E-state index in [1.807, 2.05) is 70.2 Å². The Bertz CT molecular complexity index is 1180. The standard InChI is InChI=1S/C26H27BClNO5/c1-25(2)26(3,4)34-27(33-25)19-12-14-21(24(30)31-5)29-23(19)18-11-13-20(28)22(15-18)32-16-17-9-7-6-8-10-17/h6-15H,16H2,1-5H3. The minimum absolute atomic E-state index is 0.180. The molecule has 4 rings (SSSR count). The number of rotatable bonds is 6. The van der Waals surface area contributed by atoms with Gasteiger partial charge in [-0.1, -0.05) is 54.1 Å². The van der Waals surface area contributed by atoms with E-state index in [1.165, 1.54) is 7.11 Å². The molecule has 0 spiro atoms. The molecule has 1 aromatic heterocycles. The zero-order valence-electron chi connectivity index (χ0n) is 19.9. The molecule has 0 aliphatic carbocycles. The smallest absolute Gasteiger partial charge is 0.487 e. The molecule has 3 aromatic rings. The molecule has 0 amide bonds. The number of ether oxygens (including phenoxy) is 2. The summed E-state index contributed by atoms with van der Waals surface area (Å²) in [5.41, 5.74) is 2.08. The van der Waals surface area contributed by atoms with E-state index in [1.54, 1.807) is 18.2 Å². The first kappa shape index (κ1) is 24.3. The van der Waals surface area contributed by atoms with Gasteiger partial charge in [0.2, 0.25) is 0 Å². The molecule has 1 aliphatic rings. The molecule has 2 heterocycles. The van der Waals surface area contributed by atoms with E-state index in [4.69, 9.17) is 30.4 Å². The monoisotopic (exact) mass is 479 g/mol. The molecule has 0 radical (unpaired) electrons. The SMILES string of the molecule is COC(=O)c1ccc(B2OC(C)(C)C(C)(C)O2)c(-c2ccc(Cl)c(OCc3ccccc3)c2)n1. The van der Waals surface area contributed by atoms with Gasteiger partial charge >= 0.3 is 13.1 Å². The third-order valence-electron chi connectivity index (χ3n) is 6.27. The number of hydrogen-bond acceptors (Lipinski definition) is 6. The van der Waals surface area contributed by atoms with Crippen LogP contribution in [0.4, 0.5) is 0 Å². The summed E-state index contributed by atoms with van der Waals surface area (Å²) in [4.78, 5) is 16.8. The largest absolute Gasteiger partial charge is 0.497 e. The lowest BCUT2D eigenvalue weighted by Gasteiger charge is -2.32. The second-order valence-electron chi connectivity index (χ2n) is 9.13. The first-order chi connectivity index (χ1) is 16.1. The summed E-state index contributed by atoms with van der Waals surface area (Å²) in [6, 6.07) is 18.6.